The van der Waals surface area contributed by atoms with Gasteiger partial charge in [0.05, 0.1) is 25.9 Å². The Kier molecular flexibility index (Phi) is 6.24. The number of carbonyl (C=O) groups excluding carboxylic acids is 1. The summed E-state index contributed by atoms with van der Waals surface area (Å²) in [6, 6.07) is 13.6. The van der Waals surface area contributed by atoms with Crippen LogP contribution < -0.4 is 15.1 Å². The average Bonchev–Trinajstić information content (AvgIpc) is 3.19. The van der Waals surface area contributed by atoms with E-state index < -0.39 is 0 Å². The van der Waals surface area contributed by atoms with Crippen LogP contribution in [0.1, 0.15) is 46.8 Å². The number of quaternary nitrogens is 1. The van der Waals surface area contributed by atoms with Gasteiger partial charge in [-0.3, -0.25) is 4.79 Å². The minimum atomic E-state index is -0.192. The van der Waals surface area contributed by atoms with Gasteiger partial charge in [-0.25, -0.2) is 5.43 Å². The number of nitrogens with zero attached hydrogens (tertiary/aromatic N) is 1. The molecular formula is C22H28N3O2+. The number of hydrogen-bond donors (Lipinski definition) is 2. The maximum atomic E-state index is 12.4. The smallest absolute Gasteiger partial charge is 0.271 e. The van der Waals surface area contributed by atoms with Crippen molar-refractivity contribution >= 4 is 11.6 Å². The molecule has 1 saturated heterocycles. The number of methoxy groups -OCH3 is 1. The second-order valence-corrected chi connectivity index (χ2v) is 7.11. The van der Waals surface area contributed by atoms with Gasteiger partial charge in [-0.15, -0.1) is 0 Å². The van der Waals surface area contributed by atoms with E-state index in [9.17, 15) is 4.79 Å². The molecule has 2 N–H and O–H groups in total. The summed E-state index contributed by atoms with van der Waals surface area (Å²) >= 11 is 0. The fraction of sp³-hybridized carbons (Fsp3) is 0.364. The van der Waals surface area contributed by atoms with Crippen LogP contribution >= 0.6 is 0 Å². The normalized spacial score (nSPS) is 15.0. The molecule has 0 aromatic heterocycles. The summed E-state index contributed by atoms with van der Waals surface area (Å²) in [5.74, 6) is 0.720. The summed E-state index contributed by atoms with van der Waals surface area (Å²) in [5, 5.41) is 4.31. The van der Waals surface area contributed by atoms with E-state index >= 15 is 0 Å². The number of hydrazone groups is 1. The summed E-state index contributed by atoms with van der Waals surface area (Å²) in [6.45, 7) is 7.22. The molecule has 1 aliphatic rings. The zero-order valence-corrected chi connectivity index (χ0v) is 16.3. The third-order valence-corrected chi connectivity index (χ3v) is 5.16. The van der Waals surface area contributed by atoms with Crippen molar-refractivity contribution in [3.05, 3.63) is 64.7 Å². The molecule has 0 aliphatic carbocycles. The predicted molar refractivity (Wildman–Crippen MR) is 107 cm³/mol. The van der Waals surface area contributed by atoms with E-state index in [2.05, 4.69) is 16.6 Å². The molecule has 0 spiro atoms. The Morgan fingerprint density at radius 2 is 1.93 bits per heavy atom. The van der Waals surface area contributed by atoms with E-state index in [1.807, 2.05) is 44.2 Å². The van der Waals surface area contributed by atoms with Crippen LogP contribution in [-0.2, 0) is 6.54 Å². The van der Waals surface area contributed by atoms with Crippen molar-refractivity contribution in [1.82, 2.24) is 5.43 Å². The van der Waals surface area contributed by atoms with Gasteiger partial charge in [0.25, 0.3) is 5.91 Å². The Labute approximate surface area is 161 Å². The minimum absolute atomic E-state index is 0.192. The number of nitrogens with one attached hydrogen (secondary N) is 2. The number of likely N-dealkylation sites (tertiary alicyclic amines) is 1. The summed E-state index contributed by atoms with van der Waals surface area (Å²) < 4.78 is 5.54. The SMILES string of the molecule is COc1ccc(/C(C)=N\NC(=O)c2ccccc2C)cc1C[NH+]1CCCC1. The first kappa shape index (κ1) is 19.1. The molecule has 0 saturated carbocycles. The number of amides is 1. The Balaban J connectivity index is 1.75. The first-order chi connectivity index (χ1) is 13.1. The molecule has 0 unspecified atom stereocenters. The predicted octanol–water partition coefficient (Wildman–Crippen LogP) is 2.34. The highest BCUT2D eigenvalue weighted by atomic mass is 16.5. The van der Waals surface area contributed by atoms with Gasteiger partial charge in [0.1, 0.15) is 12.3 Å². The van der Waals surface area contributed by atoms with E-state index in [0.717, 1.165) is 29.1 Å². The average molecular weight is 366 g/mol. The molecule has 2 aromatic rings. The number of hydrogen-bond acceptors (Lipinski definition) is 3. The fourth-order valence-electron chi connectivity index (χ4n) is 3.55. The highest BCUT2D eigenvalue weighted by molar-refractivity contribution is 6.01. The van der Waals surface area contributed by atoms with Crippen LogP contribution in [0.4, 0.5) is 0 Å². The fourth-order valence-corrected chi connectivity index (χ4v) is 3.55. The molecule has 2 aromatic carbocycles. The van der Waals surface area contributed by atoms with E-state index in [0.29, 0.717) is 5.56 Å². The van der Waals surface area contributed by atoms with Crippen LogP contribution in [-0.4, -0.2) is 31.8 Å². The third-order valence-electron chi connectivity index (χ3n) is 5.16. The third kappa shape index (κ3) is 4.74. The molecule has 5 heteroatoms. The van der Waals surface area contributed by atoms with Crippen molar-refractivity contribution in [3.63, 3.8) is 0 Å². The van der Waals surface area contributed by atoms with Crippen LogP contribution in [0.3, 0.4) is 0 Å². The van der Waals surface area contributed by atoms with Gasteiger partial charge in [0, 0.05) is 24.0 Å². The summed E-state index contributed by atoms with van der Waals surface area (Å²) in [6.07, 6.45) is 2.59. The summed E-state index contributed by atoms with van der Waals surface area (Å²) in [7, 11) is 1.71. The minimum Gasteiger partial charge on any atom is -0.496 e. The Bertz CT molecular complexity index is 839. The topological polar surface area (TPSA) is 55.1 Å². The van der Waals surface area contributed by atoms with Gasteiger partial charge < -0.3 is 9.64 Å². The first-order valence-corrected chi connectivity index (χ1v) is 9.49. The molecule has 5 nitrogen and oxygen atoms in total. The van der Waals surface area contributed by atoms with Gasteiger partial charge in [-0.05, 0) is 49.2 Å². The number of rotatable bonds is 6. The molecule has 1 aliphatic heterocycles. The lowest BCUT2D eigenvalue weighted by molar-refractivity contribution is -0.901. The molecule has 3 rings (SSSR count). The molecule has 27 heavy (non-hydrogen) atoms. The van der Waals surface area contributed by atoms with E-state index in [1.165, 1.54) is 31.5 Å². The van der Waals surface area contributed by atoms with Gasteiger partial charge in [0.2, 0.25) is 0 Å². The van der Waals surface area contributed by atoms with Gasteiger partial charge in [0.15, 0.2) is 0 Å². The quantitative estimate of drug-likeness (QED) is 0.609. The lowest BCUT2D eigenvalue weighted by atomic mass is 10.1. The zero-order valence-electron chi connectivity index (χ0n) is 16.3. The van der Waals surface area contributed by atoms with Gasteiger partial charge in [-0.1, -0.05) is 18.2 Å². The largest absolute Gasteiger partial charge is 0.496 e. The van der Waals surface area contributed by atoms with Crippen LogP contribution in [0.2, 0.25) is 0 Å². The Hall–Kier alpha value is -2.66. The van der Waals surface area contributed by atoms with Gasteiger partial charge in [-0.2, -0.15) is 5.10 Å². The van der Waals surface area contributed by atoms with E-state index in [-0.39, 0.29) is 5.91 Å². The number of carbonyl (C=O) groups is 1. The van der Waals surface area contributed by atoms with Crippen molar-refractivity contribution in [2.45, 2.75) is 33.2 Å². The van der Waals surface area contributed by atoms with E-state index in [4.69, 9.17) is 4.74 Å². The Morgan fingerprint density at radius 1 is 1.19 bits per heavy atom. The standard InChI is InChI=1S/C22H27N3O2/c1-16-8-4-5-9-20(16)22(26)24-23-17(2)18-10-11-21(27-3)19(14-18)15-25-12-6-7-13-25/h4-5,8-11,14H,6-7,12-13,15H2,1-3H3,(H,24,26)/p+1/b23-17-. The van der Waals surface area contributed by atoms with Crippen LogP contribution in [0.25, 0.3) is 0 Å². The van der Waals surface area contributed by atoms with Crippen molar-refractivity contribution in [2.24, 2.45) is 5.10 Å². The number of ether oxygens (including phenoxy) is 1. The highest BCUT2D eigenvalue weighted by Gasteiger charge is 2.18. The molecule has 1 fully saturated rings. The lowest BCUT2D eigenvalue weighted by Crippen LogP contribution is -3.08. The lowest BCUT2D eigenvalue weighted by Gasteiger charge is -2.15. The summed E-state index contributed by atoms with van der Waals surface area (Å²) in [4.78, 5) is 13.9. The van der Waals surface area contributed by atoms with Crippen LogP contribution in [0, 0.1) is 6.92 Å². The molecule has 0 bridgehead atoms. The molecule has 142 valence electrons. The second-order valence-electron chi connectivity index (χ2n) is 7.11. The van der Waals surface area contributed by atoms with E-state index in [1.54, 1.807) is 18.1 Å². The zero-order chi connectivity index (χ0) is 19.2. The Morgan fingerprint density at radius 3 is 2.63 bits per heavy atom. The molecule has 1 amide bonds. The second kappa shape index (κ2) is 8.82. The highest BCUT2D eigenvalue weighted by Crippen LogP contribution is 2.20. The van der Waals surface area contributed by atoms with Gasteiger partial charge >= 0.3 is 0 Å². The number of benzene rings is 2. The van der Waals surface area contributed by atoms with Crippen molar-refractivity contribution in [1.29, 1.82) is 0 Å². The molecule has 0 radical (unpaired) electrons. The monoisotopic (exact) mass is 366 g/mol. The van der Waals surface area contributed by atoms with Crippen molar-refractivity contribution in [3.8, 4) is 5.75 Å². The molecule has 1 heterocycles. The molecule has 0 atom stereocenters. The first-order valence-electron chi connectivity index (χ1n) is 9.49. The summed E-state index contributed by atoms with van der Waals surface area (Å²) in [5.41, 5.74) is 7.20. The molecular weight excluding hydrogens is 338 g/mol. The maximum Gasteiger partial charge on any atom is 0.271 e. The van der Waals surface area contributed by atoms with Crippen molar-refractivity contribution < 1.29 is 14.4 Å². The van der Waals surface area contributed by atoms with Crippen LogP contribution in [0.15, 0.2) is 47.6 Å². The van der Waals surface area contributed by atoms with Crippen molar-refractivity contribution in [2.75, 3.05) is 20.2 Å². The van der Waals surface area contributed by atoms with Crippen LogP contribution in [0.5, 0.6) is 5.75 Å². The number of aryl methyl sites for hydroxylation is 1. The maximum absolute atomic E-state index is 12.4.